The van der Waals surface area contributed by atoms with Crippen LogP contribution in [0.25, 0.3) is 0 Å². The molecule has 0 N–H and O–H groups in total. The molecule has 0 aromatic heterocycles. The van der Waals surface area contributed by atoms with E-state index in [1.54, 1.807) is 19.2 Å². The second kappa shape index (κ2) is 8.37. The average molecular weight is 344 g/mol. The summed E-state index contributed by atoms with van der Waals surface area (Å²) >= 11 is 0. The molecule has 3 rings (SSSR count). The molecule has 1 saturated heterocycles. The fourth-order valence-corrected chi connectivity index (χ4v) is 3.86. The minimum Gasteiger partial charge on any atom is -0.497 e. The SMILES string of the molecule is COc1ccc(C(=O)N2CCCN(C(=O)C3CCCCC3)CC2)cc1. The van der Waals surface area contributed by atoms with Crippen LogP contribution in [0.15, 0.2) is 24.3 Å². The first kappa shape index (κ1) is 17.8. The number of methoxy groups -OCH3 is 1. The van der Waals surface area contributed by atoms with Gasteiger partial charge in [0.15, 0.2) is 0 Å². The molecule has 1 aromatic carbocycles. The monoisotopic (exact) mass is 344 g/mol. The number of ether oxygens (including phenoxy) is 1. The lowest BCUT2D eigenvalue weighted by molar-refractivity contribution is -0.136. The minimum atomic E-state index is 0.0367. The van der Waals surface area contributed by atoms with Gasteiger partial charge >= 0.3 is 0 Å². The molecule has 0 bridgehead atoms. The van der Waals surface area contributed by atoms with Crippen molar-refractivity contribution in [2.75, 3.05) is 33.3 Å². The molecule has 1 heterocycles. The zero-order valence-corrected chi connectivity index (χ0v) is 15.1. The molecule has 5 heteroatoms. The molecule has 1 aromatic rings. The summed E-state index contributed by atoms with van der Waals surface area (Å²) in [4.78, 5) is 29.3. The molecule has 2 amide bonds. The van der Waals surface area contributed by atoms with Gasteiger partial charge < -0.3 is 14.5 Å². The third-order valence-electron chi connectivity index (χ3n) is 5.39. The third-order valence-corrected chi connectivity index (χ3v) is 5.39. The highest BCUT2D eigenvalue weighted by Crippen LogP contribution is 2.26. The molecule has 0 unspecified atom stereocenters. The van der Waals surface area contributed by atoms with Gasteiger partial charge in [-0.15, -0.1) is 0 Å². The van der Waals surface area contributed by atoms with Crippen molar-refractivity contribution >= 4 is 11.8 Å². The summed E-state index contributed by atoms with van der Waals surface area (Å²) in [6.45, 7) is 2.74. The Hall–Kier alpha value is -2.04. The molecule has 1 aliphatic heterocycles. The van der Waals surface area contributed by atoms with Crippen LogP contribution in [0.5, 0.6) is 5.75 Å². The summed E-state index contributed by atoms with van der Waals surface area (Å²) in [7, 11) is 1.61. The summed E-state index contributed by atoms with van der Waals surface area (Å²) in [5.41, 5.74) is 0.674. The van der Waals surface area contributed by atoms with Gasteiger partial charge in [0.2, 0.25) is 5.91 Å². The van der Waals surface area contributed by atoms with Crippen LogP contribution >= 0.6 is 0 Å². The smallest absolute Gasteiger partial charge is 0.253 e. The first-order chi connectivity index (χ1) is 12.2. The highest BCUT2D eigenvalue weighted by molar-refractivity contribution is 5.94. The summed E-state index contributed by atoms with van der Waals surface area (Å²) in [6, 6.07) is 7.22. The Balaban J connectivity index is 1.58. The van der Waals surface area contributed by atoms with E-state index in [1.807, 2.05) is 21.9 Å². The Bertz CT molecular complexity index is 593. The van der Waals surface area contributed by atoms with Crippen molar-refractivity contribution in [3.63, 3.8) is 0 Å². The molecule has 136 valence electrons. The van der Waals surface area contributed by atoms with E-state index in [4.69, 9.17) is 4.74 Å². The molecule has 5 nitrogen and oxygen atoms in total. The molecule has 2 aliphatic rings. The molecule has 1 saturated carbocycles. The van der Waals surface area contributed by atoms with Crippen molar-refractivity contribution in [3.8, 4) is 5.75 Å². The molecule has 1 aliphatic carbocycles. The van der Waals surface area contributed by atoms with Gasteiger partial charge in [-0.25, -0.2) is 0 Å². The van der Waals surface area contributed by atoms with Crippen molar-refractivity contribution in [2.24, 2.45) is 5.92 Å². The van der Waals surface area contributed by atoms with Gasteiger partial charge in [0, 0.05) is 37.7 Å². The maximum absolute atomic E-state index is 12.7. The number of hydrogen-bond acceptors (Lipinski definition) is 3. The fourth-order valence-electron chi connectivity index (χ4n) is 3.86. The van der Waals surface area contributed by atoms with Crippen LogP contribution in [0, 0.1) is 5.92 Å². The van der Waals surface area contributed by atoms with Gasteiger partial charge in [0.25, 0.3) is 5.91 Å². The normalized spacial score (nSPS) is 19.4. The van der Waals surface area contributed by atoms with Crippen molar-refractivity contribution in [3.05, 3.63) is 29.8 Å². The lowest BCUT2D eigenvalue weighted by atomic mass is 9.88. The lowest BCUT2D eigenvalue weighted by Crippen LogP contribution is -2.40. The molecular formula is C20H28N2O3. The van der Waals surface area contributed by atoms with Gasteiger partial charge in [-0.1, -0.05) is 19.3 Å². The standard InChI is InChI=1S/C20H28N2O3/c1-25-18-10-8-17(9-11-18)20(24)22-13-5-12-21(14-15-22)19(23)16-6-3-2-4-7-16/h8-11,16H,2-7,12-15H2,1H3. The van der Waals surface area contributed by atoms with Crippen LogP contribution in [0.1, 0.15) is 48.9 Å². The Morgan fingerprint density at radius 3 is 2.20 bits per heavy atom. The summed E-state index contributed by atoms with van der Waals surface area (Å²) in [5, 5.41) is 0. The Kier molecular flexibility index (Phi) is 5.95. The zero-order chi connectivity index (χ0) is 17.6. The quantitative estimate of drug-likeness (QED) is 0.847. The van der Waals surface area contributed by atoms with Crippen LogP contribution in [-0.4, -0.2) is 54.9 Å². The number of carbonyl (C=O) groups is 2. The predicted molar refractivity (Wildman–Crippen MR) is 96.7 cm³/mol. The molecular weight excluding hydrogens is 316 g/mol. The Labute approximate surface area is 149 Å². The van der Waals surface area contributed by atoms with Crippen molar-refractivity contribution in [1.82, 2.24) is 9.80 Å². The van der Waals surface area contributed by atoms with Gasteiger partial charge in [-0.3, -0.25) is 9.59 Å². The molecule has 25 heavy (non-hydrogen) atoms. The number of hydrogen-bond donors (Lipinski definition) is 0. The van der Waals surface area contributed by atoms with E-state index in [0.717, 1.165) is 31.6 Å². The maximum Gasteiger partial charge on any atom is 0.253 e. The van der Waals surface area contributed by atoms with E-state index < -0.39 is 0 Å². The van der Waals surface area contributed by atoms with Gasteiger partial charge in [-0.2, -0.15) is 0 Å². The van der Waals surface area contributed by atoms with Gasteiger partial charge in [-0.05, 0) is 43.5 Å². The van der Waals surface area contributed by atoms with Crippen LogP contribution in [0.4, 0.5) is 0 Å². The average Bonchev–Trinajstić information content (AvgIpc) is 2.94. The highest BCUT2D eigenvalue weighted by Gasteiger charge is 2.28. The first-order valence-corrected chi connectivity index (χ1v) is 9.41. The number of nitrogens with zero attached hydrogens (tertiary/aromatic N) is 2. The summed E-state index contributed by atoms with van der Waals surface area (Å²) in [6.07, 6.45) is 6.51. The van der Waals surface area contributed by atoms with Crippen LogP contribution < -0.4 is 4.74 Å². The largest absolute Gasteiger partial charge is 0.497 e. The van der Waals surface area contributed by atoms with E-state index >= 15 is 0 Å². The van der Waals surface area contributed by atoms with E-state index in [2.05, 4.69) is 0 Å². The number of carbonyl (C=O) groups excluding carboxylic acids is 2. The van der Waals surface area contributed by atoms with Crippen molar-refractivity contribution in [2.45, 2.75) is 38.5 Å². The minimum absolute atomic E-state index is 0.0367. The summed E-state index contributed by atoms with van der Waals surface area (Å²) in [5.74, 6) is 1.29. The van der Waals surface area contributed by atoms with Gasteiger partial charge in [0.1, 0.15) is 5.75 Å². The fraction of sp³-hybridized carbons (Fsp3) is 0.600. The molecule has 0 radical (unpaired) electrons. The number of rotatable bonds is 3. The molecule has 0 atom stereocenters. The third kappa shape index (κ3) is 4.33. The van der Waals surface area contributed by atoms with E-state index in [-0.39, 0.29) is 11.8 Å². The Morgan fingerprint density at radius 2 is 1.52 bits per heavy atom. The van der Waals surface area contributed by atoms with Crippen molar-refractivity contribution < 1.29 is 14.3 Å². The lowest BCUT2D eigenvalue weighted by Gasteiger charge is -2.28. The first-order valence-electron chi connectivity index (χ1n) is 9.41. The van der Waals surface area contributed by atoms with Crippen LogP contribution in [0.3, 0.4) is 0 Å². The van der Waals surface area contributed by atoms with Crippen LogP contribution in [-0.2, 0) is 4.79 Å². The van der Waals surface area contributed by atoms with E-state index in [9.17, 15) is 9.59 Å². The maximum atomic E-state index is 12.7. The van der Waals surface area contributed by atoms with Crippen molar-refractivity contribution in [1.29, 1.82) is 0 Å². The second-order valence-corrected chi connectivity index (χ2v) is 7.03. The summed E-state index contributed by atoms with van der Waals surface area (Å²) < 4.78 is 5.14. The van der Waals surface area contributed by atoms with E-state index in [0.29, 0.717) is 31.1 Å². The molecule has 2 fully saturated rings. The van der Waals surface area contributed by atoms with Crippen LogP contribution in [0.2, 0.25) is 0 Å². The second-order valence-electron chi connectivity index (χ2n) is 7.03. The number of benzene rings is 1. The number of amides is 2. The predicted octanol–water partition coefficient (Wildman–Crippen LogP) is 2.95. The molecule has 0 spiro atoms. The van der Waals surface area contributed by atoms with Gasteiger partial charge in [0.05, 0.1) is 7.11 Å². The topological polar surface area (TPSA) is 49.9 Å². The highest BCUT2D eigenvalue weighted by atomic mass is 16.5. The zero-order valence-electron chi connectivity index (χ0n) is 15.1. The van der Waals surface area contributed by atoms with E-state index in [1.165, 1.54) is 19.3 Å². The Morgan fingerprint density at radius 1 is 0.880 bits per heavy atom.